The van der Waals surface area contributed by atoms with Crippen LogP contribution in [0.3, 0.4) is 0 Å². The number of carbonyl (C=O) groups excluding carboxylic acids is 3. The Hall–Kier alpha value is -3.75. The lowest BCUT2D eigenvalue weighted by molar-refractivity contribution is -0.123. The third-order valence-corrected chi connectivity index (χ3v) is 4.01. The summed E-state index contributed by atoms with van der Waals surface area (Å²) < 4.78 is 20.9. The van der Waals surface area contributed by atoms with Gasteiger partial charge in [-0.25, -0.2) is 4.79 Å². The molecule has 2 aromatic rings. The van der Waals surface area contributed by atoms with Gasteiger partial charge < -0.3 is 30.0 Å². The lowest BCUT2D eigenvalue weighted by Crippen LogP contribution is -2.30. The van der Waals surface area contributed by atoms with Gasteiger partial charge in [-0.2, -0.15) is 0 Å². The van der Waals surface area contributed by atoms with E-state index in [1.54, 1.807) is 0 Å². The van der Waals surface area contributed by atoms with Crippen molar-refractivity contribution in [2.75, 3.05) is 26.6 Å². The predicted molar refractivity (Wildman–Crippen MR) is 105 cm³/mol. The molecule has 0 aliphatic heterocycles. The largest absolute Gasteiger partial charge is 0.493 e. The second-order valence-electron chi connectivity index (χ2n) is 5.86. The van der Waals surface area contributed by atoms with E-state index in [1.165, 1.54) is 64.7 Å². The number of rotatable bonds is 8. The third kappa shape index (κ3) is 4.95. The molecule has 0 unspecified atom stereocenters. The maximum Gasteiger partial charge on any atom is 0.342 e. The van der Waals surface area contributed by atoms with E-state index < -0.39 is 23.9 Å². The van der Waals surface area contributed by atoms with Crippen LogP contribution in [0.2, 0.25) is 0 Å². The lowest BCUT2D eigenvalue weighted by Gasteiger charge is -2.17. The number of primary amides is 1. The first-order chi connectivity index (χ1) is 13.8. The summed E-state index contributed by atoms with van der Waals surface area (Å²) in [6.07, 6.45) is -1.10. The van der Waals surface area contributed by atoms with Gasteiger partial charge in [0.2, 0.25) is 11.7 Å². The molecule has 3 N–H and O–H groups in total. The van der Waals surface area contributed by atoms with Crippen molar-refractivity contribution in [1.82, 2.24) is 0 Å². The van der Waals surface area contributed by atoms with Crippen LogP contribution >= 0.6 is 0 Å². The summed E-state index contributed by atoms with van der Waals surface area (Å²) in [5, 5.41) is 2.59. The molecule has 0 saturated carbocycles. The minimum absolute atomic E-state index is 0.0793. The van der Waals surface area contributed by atoms with Crippen molar-refractivity contribution in [1.29, 1.82) is 0 Å². The number of nitrogens with two attached hydrogens (primary N) is 1. The predicted octanol–water partition coefficient (Wildman–Crippen LogP) is 2.00. The molecule has 154 valence electrons. The summed E-state index contributed by atoms with van der Waals surface area (Å²) >= 11 is 0. The van der Waals surface area contributed by atoms with Gasteiger partial charge >= 0.3 is 5.97 Å². The van der Waals surface area contributed by atoms with E-state index in [9.17, 15) is 14.4 Å². The number of amides is 2. The molecule has 0 fully saturated rings. The van der Waals surface area contributed by atoms with Crippen LogP contribution in [0.5, 0.6) is 17.2 Å². The van der Waals surface area contributed by atoms with Gasteiger partial charge in [-0.15, -0.1) is 0 Å². The first-order valence-corrected chi connectivity index (χ1v) is 8.53. The standard InChI is InChI=1S/C20H22N2O7/c1-11(19(24)22-13-7-5-12(6-8-13)18(21)23)29-20(25)14-9-10-15(26-2)17(28-4)16(14)27-3/h5-11H,1-4H3,(H2,21,23)(H,22,24)/t11-/m1/s1. The molecule has 0 bridgehead atoms. The second kappa shape index (κ2) is 9.45. The van der Waals surface area contributed by atoms with Crippen molar-refractivity contribution < 1.29 is 33.3 Å². The molecular weight excluding hydrogens is 380 g/mol. The minimum atomic E-state index is -1.10. The van der Waals surface area contributed by atoms with Gasteiger partial charge in [-0.3, -0.25) is 9.59 Å². The molecule has 0 aromatic heterocycles. The highest BCUT2D eigenvalue weighted by atomic mass is 16.6. The van der Waals surface area contributed by atoms with Crippen LogP contribution in [0, 0.1) is 0 Å². The molecule has 0 spiro atoms. The molecule has 9 heteroatoms. The number of anilines is 1. The average molecular weight is 402 g/mol. The average Bonchev–Trinajstić information content (AvgIpc) is 2.72. The van der Waals surface area contributed by atoms with Crippen LogP contribution < -0.4 is 25.3 Å². The molecule has 2 amide bonds. The van der Waals surface area contributed by atoms with Crippen LogP contribution in [0.15, 0.2) is 36.4 Å². The fourth-order valence-corrected chi connectivity index (χ4v) is 2.50. The zero-order chi connectivity index (χ0) is 21.6. The van der Waals surface area contributed by atoms with Crippen molar-refractivity contribution in [3.63, 3.8) is 0 Å². The van der Waals surface area contributed by atoms with Crippen LogP contribution in [0.4, 0.5) is 5.69 Å². The Kier molecular flexibility index (Phi) is 7.02. The van der Waals surface area contributed by atoms with Gasteiger partial charge in [-0.1, -0.05) is 0 Å². The van der Waals surface area contributed by atoms with Crippen LogP contribution in [0.1, 0.15) is 27.6 Å². The first kappa shape index (κ1) is 21.5. The highest BCUT2D eigenvalue weighted by molar-refractivity contribution is 5.99. The molecule has 29 heavy (non-hydrogen) atoms. The summed E-state index contributed by atoms with van der Waals surface area (Å²) in [6.45, 7) is 1.43. The Morgan fingerprint density at radius 1 is 0.897 bits per heavy atom. The van der Waals surface area contributed by atoms with Crippen molar-refractivity contribution in [2.45, 2.75) is 13.0 Å². The normalized spacial score (nSPS) is 11.2. The van der Waals surface area contributed by atoms with Crippen molar-refractivity contribution >= 4 is 23.5 Å². The smallest absolute Gasteiger partial charge is 0.342 e. The first-order valence-electron chi connectivity index (χ1n) is 8.53. The van der Waals surface area contributed by atoms with Crippen LogP contribution in [0.25, 0.3) is 0 Å². The van der Waals surface area contributed by atoms with Gasteiger partial charge in [0.05, 0.1) is 21.3 Å². The van der Waals surface area contributed by atoms with E-state index in [4.69, 9.17) is 24.7 Å². The fraction of sp³-hybridized carbons (Fsp3) is 0.250. The number of methoxy groups -OCH3 is 3. The van der Waals surface area contributed by atoms with Crippen LogP contribution in [-0.2, 0) is 9.53 Å². The van der Waals surface area contributed by atoms with E-state index in [-0.39, 0.29) is 17.1 Å². The van der Waals surface area contributed by atoms with Crippen LogP contribution in [-0.4, -0.2) is 45.2 Å². The number of esters is 1. The Morgan fingerprint density at radius 3 is 2.03 bits per heavy atom. The van der Waals surface area contributed by atoms with Gasteiger partial charge in [-0.05, 0) is 43.3 Å². The number of benzene rings is 2. The maximum absolute atomic E-state index is 12.5. The molecule has 0 saturated heterocycles. The number of hydrogen-bond donors (Lipinski definition) is 2. The fourth-order valence-electron chi connectivity index (χ4n) is 2.50. The minimum Gasteiger partial charge on any atom is -0.493 e. The Bertz CT molecular complexity index is 910. The van der Waals surface area contributed by atoms with E-state index in [0.29, 0.717) is 17.0 Å². The monoisotopic (exact) mass is 402 g/mol. The van der Waals surface area contributed by atoms with Gasteiger partial charge in [0.1, 0.15) is 5.56 Å². The third-order valence-electron chi connectivity index (χ3n) is 4.01. The van der Waals surface area contributed by atoms with E-state index >= 15 is 0 Å². The van der Waals surface area contributed by atoms with E-state index in [1.807, 2.05) is 0 Å². The topological polar surface area (TPSA) is 126 Å². The molecule has 0 aliphatic rings. The highest BCUT2D eigenvalue weighted by Crippen LogP contribution is 2.40. The second-order valence-corrected chi connectivity index (χ2v) is 5.86. The molecule has 9 nitrogen and oxygen atoms in total. The van der Waals surface area contributed by atoms with Crippen molar-refractivity contribution in [2.24, 2.45) is 5.73 Å². The lowest BCUT2D eigenvalue weighted by atomic mass is 10.1. The van der Waals surface area contributed by atoms with Gasteiger partial charge in [0.15, 0.2) is 17.6 Å². The summed E-state index contributed by atoms with van der Waals surface area (Å²) in [6, 6.07) is 8.97. The Morgan fingerprint density at radius 2 is 1.52 bits per heavy atom. The van der Waals surface area contributed by atoms with Crippen molar-refractivity contribution in [3.8, 4) is 17.2 Å². The SMILES string of the molecule is COc1ccc(C(=O)O[C@H](C)C(=O)Nc2ccc(C(N)=O)cc2)c(OC)c1OC. The summed E-state index contributed by atoms with van der Waals surface area (Å²) in [5.41, 5.74) is 5.99. The molecule has 0 heterocycles. The molecule has 0 aliphatic carbocycles. The quantitative estimate of drug-likeness (QED) is 0.647. The molecular formula is C20H22N2O7. The molecule has 2 aromatic carbocycles. The number of hydrogen-bond acceptors (Lipinski definition) is 7. The number of carbonyl (C=O) groups is 3. The van der Waals surface area contributed by atoms with Gasteiger partial charge in [0.25, 0.3) is 5.91 Å². The molecule has 0 radical (unpaired) electrons. The highest BCUT2D eigenvalue weighted by Gasteiger charge is 2.25. The zero-order valence-corrected chi connectivity index (χ0v) is 16.5. The van der Waals surface area contributed by atoms with Gasteiger partial charge in [0, 0.05) is 11.3 Å². The molecule has 1 atom stereocenters. The van der Waals surface area contributed by atoms with Crippen molar-refractivity contribution in [3.05, 3.63) is 47.5 Å². The number of ether oxygens (including phenoxy) is 4. The summed E-state index contributed by atoms with van der Waals surface area (Å²) in [7, 11) is 4.24. The maximum atomic E-state index is 12.5. The Balaban J connectivity index is 2.11. The van der Waals surface area contributed by atoms with E-state index in [2.05, 4.69) is 5.32 Å². The molecule has 2 rings (SSSR count). The zero-order valence-electron chi connectivity index (χ0n) is 16.5. The summed E-state index contributed by atoms with van der Waals surface area (Å²) in [4.78, 5) is 36.0. The number of nitrogens with one attached hydrogen (secondary N) is 1. The Labute approximate surface area is 167 Å². The van der Waals surface area contributed by atoms with E-state index in [0.717, 1.165) is 0 Å². The summed E-state index contributed by atoms with van der Waals surface area (Å²) in [5.74, 6) is -1.15.